The molecule has 1 unspecified atom stereocenters. The molecule has 1 atom stereocenters. The fourth-order valence-corrected chi connectivity index (χ4v) is 8.01. The summed E-state index contributed by atoms with van der Waals surface area (Å²) in [7, 11) is 0.518. The number of fused-ring (bicyclic) bond motifs is 3. The van der Waals surface area contributed by atoms with Gasteiger partial charge in [0.1, 0.15) is 4.87 Å². The molecular formula is C28H30N2O2S2. The SMILES string of the molecule is CN(C)c1ccc(/C=C/C23SCCN2c2ccc(S(=O)(=O)c4ccccc4)cc2C3(C)C)cc1. The third kappa shape index (κ3) is 3.46. The molecule has 3 aromatic rings. The van der Waals surface area contributed by atoms with Crippen LogP contribution in [0.2, 0.25) is 0 Å². The predicted octanol–water partition coefficient (Wildman–Crippen LogP) is 5.84. The monoisotopic (exact) mass is 490 g/mol. The van der Waals surface area contributed by atoms with E-state index in [-0.39, 0.29) is 10.3 Å². The van der Waals surface area contributed by atoms with Crippen LogP contribution in [-0.2, 0) is 15.3 Å². The highest BCUT2D eigenvalue weighted by molar-refractivity contribution is 8.01. The molecule has 1 fully saturated rings. The van der Waals surface area contributed by atoms with Crippen molar-refractivity contribution in [1.29, 1.82) is 0 Å². The first kappa shape index (κ1) is 23.1. The fourth-order valence-electron chi connectivity index (χ4n) is 5.14. The number of hydrogen-bond acceptors (Lipinski definition) is 5. The van der Waals surface area contributed by atoms with E-state index in [1.54, 1.807) is 30.3 Å². The van der Waals surface area contributed by atoms with Crippen LogP contribution in [0.25, 0.3) is 6.08 Å². The molecule has 0 aliphatic carbocycles. The third-order valence-electron chi connectivity index (χ3n) is 7.14. The van der Waals surface area contributed by atoms with E-state index >= 15 is 0 Å². The van der Waals surface area contributed by atoms with Gasteiger partial charge in [-0.05, 0) is 59.7 Å². The molecule has 0 saturated carbocycles. The summed E-state index contributed by atoms with van der Waals surface area (Å²) >= 11 is 1.94. The molecule has 2 aliphatic rings. The molecule has 0 spiro atoms. The predicted molar refractivity (Wildman–Crippen MR) is 144 cm³/mol. The average molecular weight is 491 g/mol. The van der Waals surface area contributed by atoms with Gasteiger partial charge in [0.25, 0.3) is 0 Å². The van der Waals surface area contributed by atoms with Crippen LogP contribution in [0.5, 0.6) is 0 Å². The lowest BCUT2D eigenvalue weighted by atomic mass is 9.79. The van der Waals surface area contributed by atoms with Crippen LogP contribution < -0.4 is 9.80 Å². The van der Waals surface area contributed by atoms with Crippen molar-refractivity contribution in [1.82, 2.24) is 0 Å². The molecule has 2 heterocycles. The molecule has 5 rings (SSSR count). The molecule has 0 N–H and O–H groups in total. The summed E-state index contributed by atoms with van der Waals surface area (Å²) < 4.78 is 26.6. The van der Waals surface area contributed by atoms with Crippen LogP contribution in [0.1, 0.15) is 25.0 Å². The highest BCUT2D eigenvalue weighted by Crippen LogP contribution is 2.60. The van der Waals surface area contributed by atoms with Crippen molar-refractivity contribution in [2.75, 3.05) is 36.2 Å². The normalized spacial score (nSPS) is 21.0. The molecule has 176 valence electrons. The maximum absolute atomic E-state index is 13.3. The summed E-state index contributed by atoms with van der Waals surface area (Å²) in [5, 5.41) is 0. The summed E-state index contributed by atoms with van der Waals surface area (Å²) in [5.41, 5.74) is 4.28. The van der Waals surface area contributed by atoms with Crippen molar-refractivity contribution >= 4 is 39.0 Å². The Morgan fingerprint density at radius 2 is 1.65 bits per heavy atom. The van der Waals surface area contributed by atoms with E-state index in [0.717, 1.165) is 29.1 Å². The second-order valence-electron chi connectivity index (χ2n) is 9.64. The Morgan fingerprint density at radius 3 is 2.32 bits per heavy atom. The zero-order chi connectivity index (χ0) is 24.1. The van der Waals surface area contributed by atoms with Gasteiger partial charge in [0.15, 0.2) is 0 Å². The zero-order valence-electron chi connectivity index (χ0n) is 20.0. The van der Waals surface area contributed by atoms with Gasteiger partial charge in [-0.1, -0.05) is 50.3 Å². The van der Waals surface area contributed by atoms with E-state index in [2.05, 4.69) is 60.1 Å². The zero-order valence-corrected chi connectivity index (χ0v) is 21.7. The maximum atomic E-state index is 13.3. The Hall–Kier alpha value is -2.70. The second kappa shape index (κ2) is 8.21. The minimum absolute atomic E-state index is 0.259. The van der Waals surface area contributed by atoms with Gasteiger partial charge in [0, 0.05) is 43.2 Å². The second-order valence-corrected chi connectivity index (χ2v) is 12.9. The van der Waals surface area contributed by atoms with E-state index in [4.69, 9.17) is 0 Å². The fraction of sp³-hybridized carbons (Fsp3) is 0.286. The summed E-state index contributed by atoms with van der Waals surface area (Å²) in [4.78, 5) is 4.98. The van der Waals surface area contributed by atoms with Gasteiger partial charge in [-0.25, -0.2) is 8.42 Å². The number of benzene rings is 3. The van der Waals surface area contributed by atoms with Gasteiger partial charge < -0.3 is 9.80 Å². The molecule has 2 aliphatic heterocycles. The topological polar surface area (TPSA) is 40.6 Å². The van der Waals surface area contributed by atoms with Gasteiger partial charge in [0.2, 0.25) is 9.84 Å². The van der Waals surface area contributed by atoms with Gasteiger partial charge in [-0.3, -0.25) is 0 Å². The lowest BCUT2D eigenvalue weighted by Crippen LogP contribution is -2.48. The van der Waals surface area contributed by atoms with E-state index in [0.29, 0.717) is 9.79 Å². The highest BCUT2D eigenvalue weighted by Gasteiger charge is 2.58. The number of rotatable bonds is 5. The Bertz CT molecular complexity index is 1350. The van der Waals surface area contributed by atoms with Gasteiger partial charge in [0.05, 0.1) is 9.79 Å². The van der Waals surface area contributed by atoms with Crippen LogP contribution in [0.4, 0.5) is 11.4 Å². The van der Waals surface area contributed by atoms with Gasteiger partial charge in [-0.2, -0.15) is 0 Å². The highest BCUT2D eigenvalue weighted by atomic mass is 32.2. The van der Waals surface area contributed by atoms with Crippen molar-refractivity contribution in [2.45, 2.75) is 33.9 Å². The minimum Gasteiger partial charge on any atom is -0.378 e. The molecule has 0 amide bonds. The van der Waals surface area contributed by atoms with Crippen LogP contribution in [0.15, 0.2) is 88.7 Å². The summed E-state index contributed by atoms with van der Waals surface area (Å²) in [6, 6.07) is 22.9. The average Bonchev–Trinajstić information content (AvgIpc) is 3.35. The standard InChI is InChI=1S/C28H30N2O2S2/c1-27(2)25-20-24(34(31,32)23-8-6-5-7-9-23)14-15-26(25)30-18-19-33-28(27,30)17-16-21-10-12-22(13-11-21)29(3)4/h5-17,20H,18-19H2,1-4H3/b17-16+. The molecule has 0 radical (unpaired) electrons. The molecular weight excluding hydrogens is 460 g/mol. The van der Waals surface area contributed by atoms with E-state index in [1.807, 2.05) is 44.1 Å². The molecule has 0 bridgehead atoms. The van der Waals surface area contributed by atoms with Crippen LogP contribution in [0, 0.1) is 0 Å². The minimum atomic E-state index is -3.57. The summed E-state index contributed by atoms with van der Waals surface area (Å²) in [5.74, 6) is 1.04. The molecule has 6 heteroatoms. The van der Waals surface area contributed by atoms with Crippen LogP contribution in [-0.4, -0.2) is 39.7 Å². The Labute approximate surface area is 207 Å². The molecule has 34 heavy (non-hydrogen) atoms. The van der Waals surface area contributed by atoms with Gasteiger partial charge in [-0.15, -0.1) is 11.8 Å². The van der Waals surface area contributed by atoms with Crippen LogP contribution in [0.3, 0.4) is 0 Å². The summed E-state index contributed by atoms with van der Waals surface area (Å²) in [6.45, 7) is 5.42. The first-order valence-corrected chi connectivity index (χ1v) is 14.0. The Morgan fingerprint density at radius 1 is 0.941 bits per heavy atom. The van der Waals surface area contributed by atoms with Gasteiger partial charge >= 0.3 is 0 Å². The number of sulfone groups is 1. The van der Waals surface area contributed by atoms with E-state index < -0.39 is 9.84 Å². The van der Waals surface area contributed by atoms with Crippen molar-refractivity contribution in [3.8, 4) is 0 Å². The summed E-state index contributed by atoms with van der Waals surface area (Å²) in [6.07, 6.45) is 4.53. The van der Waals surface area contributed by atoms with Crippen molar-refractivity contribution in [3.05, 3.63) is 90.0 Å². The number of anilines is 2. The first-order valence-electron chi connectivity index (χ1n) is 11.5. The molecule has 4 nitrogen and oxygen atoms in total. The number of thioether (sulfide) groups is 1. The quantitative estimate of drug-likeness (QED) is 0.449. The molecule has 1 saturated heterocycles. The Balaban J connectivity index is 1.55. The largest absolute Gasteiger partial charge is 0.378 e. The van der Waals surface area contributed by atoms with E-state index in [1.165, 1.54) is 5.69 Å². The maximum Gasteiger partial charge on any atom is 0.206 e. The molecule has 0 aromatic heterocycles. The smallest absolute Gasteiger partial charge is 0.206 e. The number of hydrogen-bond donors (Lipinski definition) is 0. The lowest BCUT2D eigenvalue weighted by molar-refractivity contribution is 0.453. The van der Waals surface area contributed by atoms with Crippen molar-refractivity contribution in [2.24, 2.45) is 0 Å². The van der Waals surface area contributed by atoms with Crippen LogP contribution >= 0.6 is 11.8 Å². The van der Waals surface area contributed by atoms with Crippen molar-refractivity contribution in [3.63, 3.8) is 0 Å². The lowest BCUT2D eigenvalue weighted by Gasteiger charge is -2.40. The Kier molecular flexibility index (Phi) is 5.57. The molecule has 3 aromatic carbocycles. The van der Waals surface area contributed by atoms with E-state index in [9.17, 15) is 8.42 Å². The third-order valence-corrected chi connectivity index (χ3v) is 10.6. The van der Waals surface area contributed by atoms with Crippen molar-refractivity contribution < 1.29 is 8.42 Å². The number of nitrogens with zero attached hydrogens (tertiary/aromatic N) is 2. The first-order chi connectivity index (χ1) is 16.2.